The van der Waals surface area contributed by atoms with Gasteiger partial charge in [-0.25, -0.2) is 4.79 Å². The first-order valence-electron chi connectivity index (χ1n) is 6.10. The standard InChI is InChI=1S/C11H17F3N2O4/c1-7(9(18)19)8-4-16(5-8)10(20)15(2-3-17)6-11(12,13)14/h7-8,17H,2-6H2,1H3,(H,18,19). The highest BCUT2D eigenvalue weighted by molar-refractivity contribution is 5.76. The van der Waals surface area contributed by atoms with Gasteiger partial charge in [-0.3, -0.25) is 4.79 Å². The van der Waals surface area contributed by atoms with Gasteiger partial charge in [0, 0.05) is 25.6 Å². The Hall–Kier alpha value is -1.51. The van der Waals surface area contributed by atoms with E-state index < -0.39 is 43.8 Å². The van der Waals surface area contributed by atoms with Crippen LogP contribution in [0.2, 0.25) is 0 Å². The third kappa shape index (κ3) is 4.26. The van der Waals surface area contributed by atoms with Crippen LogP contribution in [0.5, 0.6) is 0 Å². The van der Waals surface area contributed by atoms with Gasteiger partial charge in [0.05, 0.1) is 12.5 Å². The van der Waals surface area contributed by atoms with Crippen molar-refractivity contribution in [2.45, 2.75) is 13.1 Å². The zero-order valence-electron chi connectivity index (χ0n) is 10.9. The molecule has 1 fully saturated rings. The first-order chi connectivity index (χ1) is 9.15. The Bertz CT molecular complexity index is 369. The van der Waals surface area contributed by atoms with E-state index in [1.54, 1.807) is 0 Å². The zero-order valence-corrected chi connectivity index (χ0v) is 10.9. The van der Waals surface area contributed by atoms with Gasteiger partial charge in [-0.05, 0) is 0 Å². The van der Waals surface area contributed by atoms with E-state index in [2.05, 4.69) is 0 Å². The van der Waals surface area contributed by atoms with E-state index in [1.807, 2.05) is 0 Å². The number of aliphatic hydroxyl groups excluding tert-OH is 1. The fraction of sp³-hybridized carbons (Fsp3) is 0.818. The number of hydrogen-bond donors (Lipinski definition) is 2. The summed E-state index contributed by atoms with van der Waals surface area (Å²) in [4.78, 5) is 24.2. The van der Waals surface area contributed by atoms with Crippen molar-refractivity contribution in [2.24, 2.45) is 11.8 Å². The Morgan fingerprint density at radius 3 is 2.35 bits per heavy atom. The molecule has 0 aromatic carbocycles. The van der Waals surface area contributed by atoms with E-state index in [0.29, 0.717) is 4.90 Å². The molecule has 6 nitrogen and oxygen atoms in total. The molecule has 1 rings (SSSR count). The molecule has 0 aromatic rings. The third-order valence-electron chi connectivity index (χ3n) is 3.29. The maximum Gasteiger partial charge on any atom is 0.406 e. The molecule has 0 spiro atoms. The molecule has 9 heteroatoms. The van der Waals surface area contributed by atoms with Crippen LogP contribution in [-0.4, -0.2) is 71.0 Å². The van der Waals surface area contributed by atoms with E-state index in [9.17, 15) is 22.8 Å². The minimum Gasteiger partial charge on any atom is -0.481 e. The molecule has 2 N–H and O–H groups in total. The molecule has 1 saturated heterocycles. The number of amides is 2. The number of aliphatic carboxylic acids is 1. The maximum absolute atomic E-state index is 12.3. The van der Waals surface area contributed by atoms with Crippen LogP contribution in [0.4, 0.5) is 18.0 Å². The first kappa shape index (κ1) is 16.5. The van der Waals surface area contributed by atoms with Crippen molar-refractivity contribution >= 4 is 12.0 Å². The third-order valence-corrected chi connectivity index (χ3v) is 3.29. The number of likely N-dealkylation sites (tertiary alicyclic amines) is 1. The number of urea groups is 1. The number of aliphatic hydroxyl groups is 1. The topological polar surface area (TPSA) is 81.1 Å². The summed E-state index contributed by atoms with van der Waals surface area (Å²) in [6, 6.07) is -0.829. The summed E-state index contributed by atoms with van der Waals surface area (Å²) >= 11 is 0. The fourth-order valence-electron chi connectivity index (χ4n) is 1.97. The molecule has 20 heavy (non-hydrogen) atoms. The van der Waals surface area contributed by atoms with Crippen LogP contribution >= 0.6 is 0 Å². The summed E-state index contributed by atoms with van der Waals surface area (Å²) < 4.78 is 36.9. The van der Waals surface area contributed by atoms with Crippen LogP contribution in [0.25, 0.3) is 0 Å². The molecule has 1 heterocycles. The molecule has 2 amide bonds. The molecular weight excluding hydrogens is 281 g/mol. The Morgan fingerprint density at radius 1 is 1.40 bits per heavy atom. The van der Waals surface area contributed by atoms with Gasteiger partial charge in [0.1, 0.15) is 6.54 Å². The molecule has 0 radical (unpaired) electrons. The molecular formula is C11H17F3N2O4. The molecule has 1 aliphatic heterocycles. The van der Waals surface area contributed by atoms with Crippen LogP contribution in [0, 0.1) is 11.8 Å². The van der Waals surface area contributed by atoms with Crippen molar-refractivity contribution < 1.29 is 33.0 Å². The predicted molar refractivity (Wildman–Crippen MR) is 62.0 cm³/mol. The molecule has 0 aliphatic carbocycles. The fourth-order valence-corrected chi connectivity index (χ4v) is 1.97. The molecule has 1 aliphatic rings. The van der Waals surface area contributed by atoms with Crippen LogP contribution in [0.15, 0.2) is 0 Å². The van der Waals surface area contributed by atoms with Crippen LogP contribution in [0.1, 0.15) is 6.92 Å². The first-order valence-corrected chi connectivity index (χ1v) is 6.10. The van der Waals surface area contributed by atoms with Gasteiger partial charge in [-0.2, -0.15) is 13.2 Å². The van der Waals surface area contributed by atoms with Crippen molar-refractivity contribution in [2.75, 3.05) is 32.8 Å². The second-order valence-electron chi connectivity index (χ2n) is 4.83. The SMILES string of the molecule is CC(C(=O)O)C1CN(C(=O)N(CCO)CC(F)(F)F)C1. The lowest BCUT2D eigenvalue weighted by Gasteiger charge is -2.43. The van der Waals surface area contributed by atoms with E-state index in [4.69, 9.17) is 10.2 Å². The minimum atomic E-state index is -4.54. The summed E-state index contributed by atoms with van der Waals surface area (Å²) in [6.07, 6.45) is -4.54. The quantitative estimate of drug-likeness (QED) is 0.779. The number of carboxylic acid groups (broad SMARTS) is 1. The lowest BCUT2D eigenvalue weighted by Crippen LogP contribution is -2.58. The number of hydrogen-bond acceptors (Lipinski definition) is 3. The van der Waals surface area contributed by atoms with Gasteiger partial charge in [0.2, 0.25) is 0 Å². The van der Waals surface area contributed by atoms with E-state index in [1.165, 1.54) is 6.92 Å². The molecule has 1 atom stereocenters. The Balaban J connectivity index is 2.54. The number of nitrogens with zero attached hydrogens (tertiary/aromatic N) is 2. The highest BCUT2D eigenvalue weighted by atomic mass is 19.4. The maximum atomic E-state index is 12.3. The van der Waals surface area contributed by atoms with Gasteiger partial charge in [-0.1, -0.05) is 6.92 Å². The minimum absolute atomic E-state index is 0.117. The van der Waals surface area contributed by atoms with Gasteiger partial charge in [0.15, 0.2) is 0 Å². The van der Waals surface area contributed by atoms with Crippen LogP contribution in [0.3, 0.4) is 0 Å². The normalized spacial score (nSPS) is 17.6. The zero-order chi connectivity index (χ0) is 15.5. The van der Waals surface area contributed by atoms with Crippen molar-refractivity contribution in [1.29, 1.82) is 0 Å². The summed E-state index contributed by atoms with van der Waals surface area (Å²) in [6.45, 7) is -0.672. The van der Waals surface area contributed by atoms with Gasteiger partial charge < -0.3 is 20.0 Å². The van der Waals surface area contributed by atoms with E-state index in [-0.39, 0.29) is 19.0 Å². The summed E-state index contributed by atoms with van der Waals surface area (Å²) in [5.74, 6) is -1.89. The monoisotopic (exact) mass is 298 g/mol. The largest absolute Gasteiger partial charge is 0.481 e. The van der Waals surface area contributed by atoms with Crippen molar-refractivity contribution in [3.63, 3.8) is 0 Å². The lowest BCUT2D eigenvalue weighted by molar-refractivity contribution is -0.146. The molecule has 0 saturated carbocycles. The molecule has 0 aromatic heterocycles. The van der Waals surface area contributed by atoms with E-state index in [0.717, 1.165) is 4.90 Å². The average molecular weight is 298 g/mol. The number of carbonyl (C=O) groups is 2. The second kappa shape index (κ2) is 6.29. The van der Waals surface area contributed by atoms with Gasteiger partial charge in [0.25, 0.3) is 0 Å². The van der Waals surface area contributed by atoms with Crippen LogP contribution < -0.4 is 0 Å². The van der Waals surface area contributed by atoms with Crippen LogP contribution in [-0.2, 0) is 4.79 Å². The number of halogens is 3. The molecule has 0 bridgehead atoms. The highest BCUT2D eigenvalue weighted by Crippen LogP contribution is 2.26. The highest BCUT2D eigenvalue weighted by Gasteiger charge is 2.41. The Kier molecular flexibility index (Phi) is 5.21. The van der Waals surface area contributed by atoms with Crippen molar-refractivity contribution in [3.8, 4) is 0 Å². The average Bonchev–Trinajstić information content (AvgIpc) is 2.24. The van der Waals surface area contributed by atoms with E-state index >= 15 is 0 Å². The van der Waals surface area contributed by atoms with Crippen molar-refractivity contribution in [3.05, 3.63) is 0 Å². The number of carboxylic acids is 1. The summed E-state index contributed by atoms with van der Waals surface area (Å²) in [7, 11) is 0. The predicted octanol–water partition coefficient (Wildman–Crippen LogP) is 0.615. The smallest absolute Gasteiger partial charge is 0.406 e. The Morgan fingerprint density at radius 2 is 1.95 bits per heavy atom. The van der Waals surface area contributed by atoms with Crippen molar-refractivity contribution in [1.82, 2.24) is 9.80 Å². The summed E-state index contributed by atoms with van der Waals surface area (Å²) in [5, 5.41) is 17.5. The van der Waals surface area contributed by atoms with Gasteiger partial charge >= 0.3 is 18.2 Å². The second-order valence-corrected chi connectivity index (χ2v) is 4.83. The summed E-state index contributed by atoms with van der Waals surface area (Å²) in [5.41, 5.74) is 0. The number of carbonyl (C=O) groups excluding carboxylic acids is 1. The lowest BCUT2D eigenvalue weighted by atomic mass is 9.87. The molecule has 1 unspecified atom stereocenters. The number of alkyl halides is 3. The number of rotatable bonds is 5. The Labute approximate surface area is 113 Å². The van der Waals surface area contributed by atoms with Gasteiger partial charge in [-0.15, -0.1) is 0 Å². The molecule has 116 valence electrons.